The molecule has 0 saturated carbocycles. The fourth-order valence-electron chi connectivity index (χ4n) is 2.02. The summed E-state index contributed by atoms with van der Waals surface area (Å²) in [6.07, 6.45) is 4.74. The van der Waals surface area contributed by atoms with Crippen molar-refractivity contribution in [3.05, 3.63) is 30.5 Å². The lowest BCUT2D eigenvalue weighted by Gasteiger charge is -2.01. The molecule has 2 nitrogen and oxygen atoms in total. The minimum Gasteiger partial charge on any atom is -0.153 e. The molecule has 80 valence electrons. The largest absolute Gasteiger partial charge is 0.203 e. The molecule has 0 aliphatic carbocycles. The van der Waals surface area contributed by atoms with Crippen LogP contribution in [0, 0.1) is 0 Å². The van der Waals surface area contributed by atoms with Gasteiger partial charge in [-0.05, 0) is 25.5 Å². The highest BCUT2D eigenvalue weighted by Gasteiger charge is 2.12. The standard InChI is InChI=1S/C13H19N2/c1-3-5-10-15-13-9-7-6-8-12(13)11-14(15)4-2/h6-9,11H,3-5,10H2,1-2H3/q+1. The Bertz CT molecular complexity index is 443. The first kappa shape index (κ1) is 10.2. The monoisotopic (exact) mass is 203 g/mol. The van der Waals surface area contributed by atoms with Gasteiger partial charge < -0.3 is 0 Å². The van der Waals surface area contributed by atoms with Gasteiger partial charge >= 0.3 is 0 Å². The summed E-state index contributed by atoms with van der Waals surface area (Å²) in [4.78, 5) is 0. The smallest absolute Gasteiger partial charge is 0.153 e. The van der Waals surface area contributed by atoms with Crippen LogP contribution in [0.2, 0.25) is 0 Å². The molecule has 2 aromatic rings. The van der Waals surface area contributed by atoms with Gasteiger partial charge in [0.1, 0.15) is 5.52 Å². The van der Waals surface area contributed by atoms with Gasteiger partial charge in [0, 0.05) is 0 Å². The van der Waals surface area contributed by atoms with Gasteiger partial charge in [0.05, 0.1) is 11.9 Å². The number of aryl methyl sites for hydroxylation is 2. The molecule has 0 amide bonds. The lowest BCUT2D eigenvalue weighted by atomic mass is 10.2. The molecule has 2 rings (SSSR count). The zero-order valence-electron chi connectivity index (χ0n) is 9.61. The highest BCUT2D eigenvalue weighted by Crippen LogP contribution is 2.12. The molecule has 2 heteroatoms. The van der Waals surface area contributed by atoms with E-state index in [0.29, 0.717) is 0 Å². The number of hydrogen-bond acceptors (Lipinski definition) is 0. The van der Waals surface area contributed by atoms with Gasteiger partial charge in [0.15, 0.2) is 6.54 Å². The fraction of sp³-hybridized carbons (Fsp3) is 0.462. The van der Waals surface area contributed by atoms with Crippen molar-refractivity contribution in [2.24, 2.45) is 0 Å². The first-order valence-electron chi connectivity index (χ1n) is 5.84. The molecular weight excluding hydrogens is 184 g/mol. The van der Waals surface area contributed by atoms with Crippen molar-refractivity contribution < 1.29 is 4.68 Å². The summed E-state index contributed by atoms with van der Waals surface area (Å²) in [6.45, 7) is 6.60. The van der Waals surface area contributed by atoms with Crippen LogP contribution in [-0.4, -0.2) is 4.68 Å². The number of nitrogens with zero attached hydrogens (tertiary/aromatic N) is 2. The molecule has 0 aliphatic rings. The van der Waals surface area contributed by atoms with E-state index >= 15 is 0 Å². The number of para-hydroxylation sites is 1. The molecule has 1 heterocycles. The molecule has 15 heavy (non-hydrogen) atoms. The zero-order valence-corrected chi connectivity index (χ0v) is 9.61. The minimum absolute atomic E-state index is 1.04. The van der Waals surface area contributed by atoms with E-state index in [1.165, 1.54) is 23.7 Å². The third-order valence-corrected chi connectivity index (χ3v) is 2.86. The Hall–Kier alpha value is -1.31. The van der Waals surface area contributed by atoms with E-state index in [1.54, 1.807) is 0 Å². The Labute approximate surface area is 91.1 Å². The molecule has 0 bridgehead atoms. The van der Waals surface area contributed by atoms with Gasteiger partial charge in [-0.15, -0.1) is 4.68 Å². The van der Waals surface area contributed by atoms with E-state index in [1.807, 2.05) is 0 Å². The third kappa shape index (κ3) is 1.89. The van der Waals surface area contributed by atoms with Crippen molar-refractivity contribution in [3.8, 4) is 0 Å². The van der Waals surface area contributed by atoms with E-state index < -0.39 is 0 Å². The molecule has 0 atom stereocenters. The van der Waals surface area contributed by atoms with Crippen LogP contribution in [0.5, 0.6) is 0 Å². The second kappa shape index (κ2) is 4.47. The number of aromatic nitrogens is 2. The maximum atomic E-state index is 2.39. The predicted octanol–water partition coefficient (Wildman–Crippen LogP) is 2.75. The zero-order chi connectivity index (χ0) is 10.7. The van der Waals surface area contributed by atoms with Crippen molar-refractivity contribution >= 4 is 10.9 Å². The lowest BCUT2D eigenvalue weighted by Crippen LogP contribution is -2.41. The van der Waals surface area contributed by atoms with Crippen LogP contribution < -0.4 is 4.68 Å². The van der Waals surface area contributed by atoms with Gasteiger partial charge in [0.25, 0.3) is 0 Å². The number of hydrogen-bond donors (Lipinski definition) is 0. The SMILES string of the molecule is CCCCn1c2ccccc2c[n+]1CC. The normalized spacial score (nSPS) is 11.1. The maximum absolute atomic E-state index is 2.39. The highest BCUT2D eigenvalue weighted by atomic mass is 15.4. The van der Waals surface area contributed by atoms with Crippen LogP contribution in [0.25, 0.3) is 10.9 Å². The second-order valence-electron chi connectivity index (χ2n) is 3.92. The molecule has 1 aromatic carbocycles. The van der Waals surface area contributed by atoms with Gasteiger partial charge in [-0.1, -0.05) is 25.5 Å². The number of unbranched alkanes of at least 4 members (excludes halogenated alkanes) is 1. The maximum Gasteiger partial charge on any atom is 0.203 e. The minimum atomic E-state index is 1.04. The molecule has 0 fully saturated rings. The molecule has 1 aromatic heterocycles. The van der Waals surface area contributed by atoms with E-state index in [2.05, 4.69) is 53.7 Å². The molecule has 0 saturated heterocycles. The van der Waals surface area contributed by atoms with Gasteiger partial charge in [-0.25, -0.2) is 0 Å². The molecule has 0 aliphatic heterocycles. The molecular formula is C13H19N2+. The number of fused-ring (bicyclic) bond motifs is 1. The summed E-state index contributed by atoms with van der Waals surface area (Å²) in [7, 11) is 0. The van der Waals surface area contributed by atoms with Crippen molar-refractivity contribution in [1.82, 2.24) is 4.68 Å². The summed E-state index contributed by atoms with van der Waals surface area (Å²) in [5, 5.41) is 1.34. The highest BCUT2D eigenvalue weighted by molar-refractivity contribution is 5.77. The van der Waals surface area contributed by atoms with Crippen LogP contribution in [0.1, 0.15) is 26.7 Å². The van der Waals surface area contributed by atoms with Crippen molar-refractivity contribution in [3.63, 3.8) is 0 Å². The van der Waals surface area contributed by atoms with Gasteiger partial charge in [0.2, 0.25) is 6.20 Å². The Morgan fingerprint density at radius 2 is 2.00 bits per heavy atom. The Kier molecular flexibility index (Phi) is 3.05. The third-order valence-electron chi connectivity index (χ3n) is 2.86. The summed E-state index contributed by atoms with van der Waals surface area (Å²) >= 11 is 0. The van der Waals surface area contributed by atoms with E-state index in [-0.39, 0.29) is 0 Å². The lowest BCUT2D eigenvalue weighted by molar-refractivity contribution is -0.770. The van der Waals surface area contributed by atoms with Crippen molar-refractivity contribution in [1.29, 1.82) is 0 Å². The molecule has 0 N–H and O–H groups in total. The summed E-state index contributed by atoms with van der Waals surface area (Å²) in [6, 6.07) is 8.61. The van der Waals surface area contributed by atoms with Crippen molar-refractivity contribution in [2.45, 2.75) is 39.8 Å². The van der Waals surface area contributed by atoms with Gasteiger partial charge in [-0.3, -0.25) is 0 Å². The van der Waals surface area contributed by atoms with Crippen LogP contribution in [0.4, 0.5) is 0 Å². The second-order valence-corrected chi connectivity index (χ2v) is 3.92. The number of rotatable bonds is 4. The van der Waals surface area contributed by atoms with E-state index in [0.717, 1.165) is 13.1 Å². The Morgan fingerprint density at radius 3 is 2.73 bits per heavy atom. The first-order chi connectivity index (χ1) is 7.36. The summed E-state index contributed by atoms with van der Waals surface area (Å²) in [5.74, 6) is 0. The molecule has 0 unspecified atom stereocenters. The Morgan fingerprint density at radius 1 is 1.20 bits per heavy atom. The average Bonchev–Trinajstić information content (AvgIpc) is 2.64. The van der Waals surface area contributed by atoms with Crippen LogP contribution in [0.3, 0.4) is 0 Å². The van der Waals surface area contributed by atoms with Crippen LogP contribution >= 0.6 is 0 Å². The van der Waals surface area contributed by atoms with Crippen LogP contribution in [-0.2, 0) is 13.1 Å². The molecule has 0 spiro atoms. The fourth-order valence-corrected chi connectivity index (χ4v) is 2.02. The quantitative estimate of drug-likeness (QED) is 0.676. The predicted molar refractivity (Wildman–Crippen MR) is 62.7 cm³/mol. The molecule has 0 radical (unpaired) electrons. The summed E-state index contributed by atoms with van der Waals surface area (Å²) < 4.78 is 4.69. The van der Waals surface area contributed by atoms with E-state index in [4.69, 9.17) is 0 Å². The average molecular weight is 203 g/mol. The van der Waals surface area contributed by atoms with Crippen LogP contribution in [0.15, 0.2) is 30.5 Å². The topological polar surface area (TPSA) is 8.81 Å². The first-order valence-corrected chi connectivity index (χ1v) is 5.84. The summed E-state index contributed by atoms with van der Waals surface area (Å²) in [5.41, 5.74) is 1.35. The van der Waals surface area contributed by atoms with Gasteiger partial charge in [-0.2, -0.15) is 4.68 Å². The number of benzene rings is 1. The van der Waals surface area contributed by atoms with Crippen molar-refractivity contribution in [2.75, 3.05) is 0 Å². The Balaban J connectivity index is 2.47. The van der Waals surface area contributed by atoms with E-state index in [9.17, 15) is 0 Å².